The third-order valence-electron chi connectivity index (χ3n) is 3.31. The van der Waals surface area contributed by atoms with Gasteiger partial charge in [-0.2, -0.15) is 5.10 Å². The molecule has 7 nitrogen and oxygen atoms in total. The van der Waals surface area contributed by atoms with E-state index in [2.05, 4.69) is 10.1 Å². The van der Waals surface area contributed by atoms with Gasteiger partial charge in [-0.25, -0.2) is 4.98 Å². The number of hydrogen-bond acceptors (Lipinski definition) is 6. The summed E-state index contributed by atoms with van der Waals surface area (Å²) in [5.41, 5.74) is 1.90. The zero-order chi connectivity index (χ0) is 17.7. The van der Waals surface area contributed by atoms with Crippen molar-refractivity contribution < 1.29 is 9.59 Å². The second kappa shape index (κ2) is 7.54. The van der Waals surface area contributed by atoms with Crippen molar-refractivity contribution in [2.75, 3.05) is 19.0 Å². The molecule has 0 amide bonds. The molecular formula is C17H21N5O2. The monoisotopic (exact) mass is 327 g/mol. The molecule has 2 aromatic heterocycles. The highest BCUT2D eigenvalue weighted by Gasteiger charge is 2.15. The van der Waals surface area contributed by atoms with Gasteiger partial charge in [-0.15, -0.1) is 0 Å². The Morgan fingerprint density at radius 3 is 2.46 bits per heavy atom. The number of hydrogen-bond donors (Lipinski definition) is 0. The number of carbonyl (C=O) groups excluding carboxylic acids is 2. The van der Waals surface area contributed by atoms with Crippen LogP contribution in [0.4, 0.5) is 11.5 Å². The van der Waals surface area contributed by atoms with Crippen LogP contribution in [0.1, 0.15) is 24.2 Å². The Labute approximate surface area is 140 Å². The van der Waals surface area contributed by atoms with Crippen LogP contribution in [0.5, 0.6) is 0 Å². The van der Waals surface area contributed by atoms with Gasteiger partial charge in [0.1, 0.15) is 5.82 Å². The molecule has 0 aromatic carbocycles. The second-order valence-corrected chi connectivity index (χ2v) is 5.73. The quantitative estimate of drug-likeness (QED) is 0.596. The van der Waals surface area contributed by atoms with Crippen molar-refractivity contribution in [1.82, 2.24) is 14.6 Å². The van der Waals surface area contributed by atoms with E-state index in [-0.39, 0.29) is 6.04 Å². The summed E-state index contributed by atoms with van der Waals surface area (Å²) in [5, 5.41) is 5.96. The minimum absolute atomic E-state index is 0.124. The highest BCUT2D eigenvalue weighted by molar-refractivity contribution is 5.75. The van der Waals surface area contributed by atoms with Crippen LogP contribution in [0.15, 0.2) is 41.8 Å². The fourth-order valence-corrected chi connectivity index (χ4v) is 2.32. The van der Waals surface area contributed by atoms with Crippen molar-refractivity contribution in [1.29, 1.82) is 0 Å². The summed E-state index contributed by atoms with van der Waals surface area (Å²) >= 11 is 0. The van der Waals surface area contributed by atoms with E-state index in [1.165, 1.54) is 10.8 Å². The Hall–Kier alpha value is -2.96. The molecule has 0 fully saturated rings. The molecule has 0 unspecified atom stereocenters. The first-order valence-electron chi connectivity index (χ1n) is 7.56. The SMILES string of the molecule is CC(C)N(c1ccn(C=O)/c(=N\N(C)C)c1)c1ccc(C=O)cn1. The summed E-state index contributed by atoms with van der Waals surface area (Å²) in [6.45, 7) is 4.08. The zero-order valence-electron chi connectivity index (χ0n) is 14.2. The van der Waals surface area contributed by atoms with Crippen molar-refractivity contribution in [2.45, 2.75) is 19.9 Å². The molecule has 126 valence electrons. The molecule has 0 N–H and O–H groups in total. The molecule has 0 spiro atoms. The van der Waals surface area contributed by atoms with Gasteiger partial charge in [0.2, 0.25) is 6.41 Å². The van der Waals surface area contributed by atoms with Crippen molar-refractivity contribution in [3.05, 3.63) is 47.7 Å². The molecule has 0 saturated heterocycles. The molecule has 2 heterocycles. The van der Waals surface area contributed by atoms with E-state index in [4.69, 9.17) is 0 Å². The fraction of sp³-hybridized carbons (Fsp3) is 0.294. The molecule has 0 atom stereocenters. The molecule has 0 bridgehead atoms. The third kappa shape index (κ3) is 3.87. The summed E-state index contributed by atoms with van der Waals surface area (Å²) in [6.07, 6.45) is 4.68. The van der Waals surface area contributed by atoms with Gasteiger partial charge in [-0.1, -0.05) is 0 Å². The minimum Gasteiger partial charge on any atom is -0.324 e. The average Bonchev–Trinajstić information content (AvgIpc) is 2.55. The lowest BCUT2D eigenvalue weighted by molar-refractivity contribution is 0.112. The average molecular weight is 327 g/mol. The number of rotatable bonds is 6. The van der Waals surface area contributed by atoms with Gasteiger partial charge in [0, 0.05) is 49.8 Å². The Morgan fingerprint density at radius 1 is 1.21 bits per heavy atom. The third-order valence-corrected chi connectivity index (χ3v) is 3.31. The van der Waals surface area contributed by atoms with Gasteiger partial charge >= 0.3 is 0 Å². The van der Waals surface area contributed by atoms with Gasteiger partial charge in [0.25, 0.3) is 0 Å². The van der Waals surface area contributed by atoms with Gasteiger partial charge in [-0.3, -0.25) is 14.2 Å². The smallest absolute Gasteiger partial charge is 0.219 e. The van der Waals surface area contributed by atoms with Crippen LogP contribution in [0, 0.1) is 0 Å². The topological polar surface area (TPSA) is 70.8 Å². The molecule has 2 aromatic rings. The molecule has 24 heavy (non-hydrogen) atoms. The molecule has 0 radical (unpaired) electrons. The molecule has 0 aliphatic rings. The maximum absolute atomic E-state index is 11.2. The Kier molecular flexibility index (Phi) is 5.47. The van der Waals surface area contributed by atoms with Crippen LogP contribution in [0.2, 0.25) is 0 Å². The summed E-state index contributed by atoms with van der Waals surface area (Å²) in [5.74, 6) is 0.718. The molecule has 7 heteroatoms. The molecular weight excluding hydrogens is 306 g/mol. The largest absolute Gasteiger partial charge is 0.324 e. The maximum atomic E-state index is 11.2. The van der Waals surface area contributed by atoms with E-state index in [0.29, 0.717) is 17.5 Å². The maximum Gasteiger partial charge on any atom is 0.219 e. The first-order valence-corrected chi connectivity index (χ1v) is 7.56. The lowest BCUT2D eigenvalue weighted by atomic mass is 10.2. The first-order chi connectivity index (χ1) is 11.5. The van der Waals surface area contributed by atoms with Crippen molar-refractivity contribution in [3.63, 3.8) is 0 Å². The first kappa shape index (κ1) is 17.4. The summed E-state index contributed by atoms with van der Waals surface area (Å²) in [6, 6.07) is 7.30. The molecule has 0 aliphatic heterocycles. The number of nitrogens with zero attached hydrogens (tertiary/aromatic N) is 5. The number of carbonyl (C=O) groups is 2. The van der Waals surface area contributed by atoms with Crippen LogP contribution in [-0.4, -0.2) is 47.4 Å². The molecule has 0 aliphatic carbocycles. The molecule has 2 rings (SSSR count). The van der Waals surface area contributed by atoms with E-state index in [0.717, 1.165) is 17.8 Å². The highest BCUT2D eigenvalue weighted by Crippen LogP contribution is 2.24. The van der Waals surface area contributed by atoms with E-state index >= 15 is 0 Å². The normalized spacial score (nSPS) is 11.5. The van der Waals surface area contributed by atoms with Crippen LogP contribution in [0.3, 0.4) is 0 Å². The summed E-state index contributed by atoms with van der Waals surface area (Å²) in [7, 11) is 3.59. The summed E-state index contributed by atoms with van der Waals surface area (Å²) < 4.78 is 1.41. The van der Waals surface area contributed by atoms with Crippen LogP contribution >= 0.6 is 0 Å². The van der Waals surface area contributed by atoms with Crippen molar-refractivity contribution >= 4 is 24.2 Å². The van der Waals surface area contributed by atoms with E-state index in [1.54, 1.807) is 37.4 Å². The Morgan fingerprint density at radius 2 is 1.96 bits per heavy atom. The Balaban J connectivity index is 2.55. The Bertz CT molecular complexity index is 778. The molecule has 0 saturated carbocycles. The second-order valence-electron chi connectivity index (χ2n) is 5.73. The lowest BCUT2D eigenvalue weighted by Crippen LogP contribution is -2.30. The van der Waals surface area contributed by atoms with Crippen LogP contribution in [0.25, 0.3) is 0 Å². The number of anilines is 2. The van der Waals surface area contributed by atoms with Gasteiger partial charge in [-0.05, 0) is 32.0 Å². The number of pyridine rings is 2. The number of aldehydes is 1. The minimum atomic E-state index is 0.124. The van der Waals surface area contributed by atoms with Crippen LogP contribution in [-0.2, 0) is 4.79 Å². The predicted octanol–water partition coefficient (Wildman–Crippen LogP) is 1.66. The van der Waals surface area contributed by atoms with Crippen molar-refractivity contribution in [2.24, 2.45) is 5.10 Å². The van der Waals surface area contributed by atoms with Crippen LogP contribution < -0.4 is 10.4 Å². The standard InChI is InChI=1S/C17H21N5O2/c1-13(2)22(16-6-5-14(11-23)10-18-16)15-7-8-21(12-24)17(9-15)19-20(3)4/h5-13H,1-4H3/b19-17-. The number of aromatic nitrogens is 2. The summed E-state index contributed by atoms with van der Waals surface area (Å²) in [4.78, 5) is 28.4. The van der Waals surface area contributed by atoms with E-state index in [1.807, 2.05) is 30.9 Å². The van der Waals surface area contributed by atoms with E-state index in [9.17, 15) is 9.59 Å². The van der Waals surface area contributed by atoms with Gasteiger partial charge in [0.15, 0.2) is 11.8 Å². The lowest BCUT2D eigenvalue weighted by Gasteiger charge is -2.28. The van der Waals surface area contributed by atoms with Crippen molar-refractivity contribution in [3.8, 4) is 0 Å². The van der Waals surface area contributed by atoms with Gasteiger partial charge < -0.3 is 9.91 Å². The highest BCUT2D eigenvalue weighted by atomic mass is 16.1. The van der Waals surface area contributed by atoms with E-state index < -0.39 is 0 Å². The van der Waals surface area contributed by atoms with Gasteiger partial charge in [0.05, 0.1) is 0 Å². The predicted molar refractivity (Wildman–Crippen MR) is 92.7 cm³/mol. The fourth-order valence-electron chi connectivity index (χ4n) is 2.32. The zero-order valence-corrected chi connectivity index (χ0v) is 14.2.